The van der Waals surface area contributed by atoms with E-state index in [9.17, 15) is 14.4 Å². The molecule has 8 nitrogen and oxygen atoms in total. The summed E-state index contributed by atoms with van der Waals surface area (Å²) < 4.78 is 30.3. The van der Waals surface area contributed by atoms with E-state index in [0.29, 0.717) is 51.3 Å². The van der Waals surface area contributed by atoms with Gasteiger partial charge in [0.1, 0.15) is 0 Å². The van der Waals surface area contributed by atoms with E-state index in [4.69, 9.17) is 23.5 Å². The first kappa shape index (κ1) is 61.8. The third-order valence-electron chi connectivity index (χ3n) is 11.1. The zero-order chi connectivity index (χ0) is 46.2. The monoisotopic (exact) mass is 893 g/mol. The van der Waals surface area contributed by atoms with Crippen LogP contribution < -0.4 is 0 Å². The van der Waals surface area contributed by atoms with E-state index in [2.05, 4.69) is 65.8 Å². The Balaban J connectivity index is 0. The first-order valence-electron chi connectivity index (χ1n) is 25.6. The maximum atomic E-state index is 11.7. The summed E-state index contributed by atoms with van der Waals surface area (Å²) in [5.74, 6) is -0.131. The number of aryl methyl sites for hydroxylation is 2. The molecule has 0 bridgehead atoms. The van der Waals surface area contributed by atoms with Gasteiger partial charge in [0.15, 0.2) is 8.46 Å². The summed E-state index contributed by atoms with van der Waals surface area (Å²) in [7, 11) is 0.167. The lowest BCUT2D eigenvalue weighted by Gasteiger charge is -2.05. The van der Waals surface area contributed by atoms with Gasteiger partial charge in [-0.2, -0.15) is 0 Å². The maximum absolute atomic E-state index is 11.7. The summed E-state index contributed by atoms with van der Waals surface area (Å²) in [4.78, 5) is 34.4. The largest absolute Gasteiger partial charge is 0.466 e. The van der Waals surface area contributed by atoms with Crippen LogP contribution in [0.25, 0.3) is 0 Å². The fourth-order valence-corrected chi connectivity index (χ4v) is 6.81. The average molecular weight is 893 g/mol. The van der Waals surface area contributed by atoms with Crippen molar-refractivity contribution in [3.8, 4) is 0 Å². The van der Waals surface area contributed by atoms with Gasteiger partial charge in [-0.3, -0.25) is 18.9 Å². The quantitative estimate of drug-likeness (QED) is 0.0214. The first-order valence-corrected chi connectivity index (χ1v) is 26.8. The van der Waals surface area contributed by atoms with Crippen molar-refractivity contribution in [2.45, 2.75) is 259 Å². The molecule has 1 saturated heterocycles. The highest BCUT2D eigenvalue weighted by Gasteiger charge is 2.36. The third-order valence-corrected chi connectivity index (χ3v) is 11.1. The van der Waals surface area contributed by atoms with Crippen molar-refractivity contribution in [3.05, 3.63) is 35.4 Å². The molecule has 0 saturated carbocycles. The van der Waals surface area contributed by atoms with Crippen LogP contribution in [0.3, 0.4) is 0 Å². The fraction of sp³-hybridized carbons (Fsp3) is 0.830. The summed E-state index contributed by atoms with van der Waals surface area (Å²) in [6, 6.07) is 8.36. The van der Waals surface area contributed by atoms with Crippen LogP contribution in [0.4, 0.5) is 0 Å². The molecule has 2 unspecified atom stereocenters. The highest BCUT2D eigenvalue weighted by Crippen LogP contribution is 2.32. The van der Waals surface area contributed by atoms with E-state index >= 15 is 0 Å². The molecule has 1 fully saturated rings. The number of hydrogen-bond donors (Lipinski definition) is 0. The van der Waals surface area contributed by atoms with Crippen molar-refractivity contribution in [1.82, 2.24) is 0 Å². The predicted octanol–water partition coefficient (Wildman–Crippen LogP) is 16.1. The van der Waals surface area contributed by atoms with E-state index in [1.165, 1.54) is 114 Å². The number of epoxide rings is 1. The lowest BCUT2D eigenvalue weighted by molar-refractivity contribution is -0.144. The molecule has 2 rings (SSSR count). The van der Waals surface area contributed by atoms with Crippen LogP contribution in [-0.2, 0) is 37.9 Å². The molecule has 0 spiro atoms. The van der Waals surface area contributed by atoms with Gasteiger partial charge in [-0.1, -0.05) is 187 Å². The van der Waals surface area contributed by atoms with Gasteiger partial charge in [0.25, 0.3) is 0 Å². The molecule has 2 atom stereocenters. The second-order valence-corrected chi connectivity index (χ2v) is 17.5. The van der Waals surface area contributed by atoms with Crippen LogP contribution in [-0.4, -0.2) is 56.6 Å². The van der Waals surface area contributed by atoms with Gasteiger partial charge in [0, 0.05) is 25.9 Å². The summed E-state index contributed by atoms with van der Waals surface area (Å²) in [5.41, 5.74) is 2.74. The topological polar surface area (TPSA) is 108 Å². The van der Waals surface area contributed by atoms with Crippen molar-refractivity contribution < 1.29 is 37.9 Å². The smallest absolute Gasteiger partial charge is 0.305 e. The van der Waals surface area contributed by atoms with Crippen molar-refractivity contribution in [3.63, 3.8) is 0 Å². The van der Waals surface area contributed by atoms with E-state index < -0.39 is 0 Å². The number of carbonyl (C=O) groups is 3. The molecule has 0 N–H and O–H groups in total. The Bertz CT molecular complexity index is 1100. The molecule has 1 aliphatic rings. The molecule has 9 heteroatoms. The van der Waals surface area contributed by atoms with Crippen molar-refractivity contribution >= 4 is 26.4 Å². The fourth-order valence-electron chi connectivity index (χ4n) is 6.81. The van der Waals surface area contributed by atoms with Gasteiger partial charge >= 0.3 is 17.9 Å². The lowest BCUT2D eigenvalue weighted by Crippen LogP contribution is -2.05. The average Bonchev–Trinajstić information content (AvgIpc) is 4.02. The SMILES string of the molecule is CCCCCCCCOC(=O)CCCCCCCC1OC1CCCCCCCC.CCCCOC(=O)CCCCCCCCC(=O)OCCCC.CP=O.Cc1ccccc1C. The van der Waals surface area contributed by atoms with Crippen molar-refractivity contribution in [2.75, 3.05) is 26.5 Å². The van der Waals surface area contributed by atoms with Gasteiger partial charge in [-0.05, 0) is 76.3 Å². The van der Waals surface area contributed by atoms with Crippen molar-refractivity contribution in [1.29, 1.82) is 0 Å². The number of carbonyl (C=O) groups excluding carboxylic acids is 3. The summed E-state index contributed by atoms with van der Waals surface area (Å²) in [5, 5.41) is 0. The molecule has 1 aromatic rings. The van der Waals surface area contributed by atoms with Gasteiger partial charge in [0.2, 0.25) is 0 Å². The molecule has 1 aliphatic heterocycles. The zero-order valence-electron chi connectivity index (χ0n) is 41.4. The molecule has 0 radical (unpaired) electrons. The number of hydrogen-bond acceptors (Lipinski definition) is 8. The first-order chi connectivity index (χ1) is 30.2. The molecular weight excluding hydrogens is 796 g/mol. The minimum absolute atomic E-state index is 0.00229. The zero-order valence-corrected chi connectivity index (χ0v) is 42.3. The Labute approximate surface area is 384 Å². The normalized spacial score (nSPS) is 13.7. The third kappa shape index (κ3) is 47.2. The van der Waals surface area contributed by atoms with E-state index in [1.54, 1.807) is 6.66 Å². The predicted molar refractivity (Wildman–Crippen MR) is 261 cm³/mol. The highest BCUT2D eigenvalue weighted by molar-refractivity contribution is 7.22. The standard InChI is InChI=1S/C26H50O3.C18H34O4.C8H10.CH3OP/c1-3-5-7-9-12-16-20-24-25(29-24)21-17-13-11-14-18-22-26(27)28-23-19-15-10-8-6-4-2;1-3-5-15-21-17(19)13-11-9-7-8-10-12-14-18(20)22-16-6-4-2;1-7-5-3-4-6-8(7)2;1-3-2/h24-25H,3-23H2,1-2H3;3-16H2,1-2H3;3-6H,1-2H3;1H3. The minimum Gasteiger partial charge on any atom is -0.466 e. The summed E-state index contributed by atoms with van der Waals surface area (Å²) in [6.07, 6.45) is 37.1. The summed E-state index contributed by atoms with van der Waals surface area (Å²) in [6.45, 7) is 16.2. The van der Waals surface area contributed by atoms with E-state index in [1.807, 2.05) is 0 Å². The van der Waals surface area contributed by atoms with Gasteiger partial charge in [-0.25, -0.2) is 0 Å². The minimum atomic E-state index is -0.0664. The van der Waals surface area contributed by atoms with E-state index in [0.717, 1.165) is 83.5 Å². The number of unbranched alkanes of at least 4 members (excludes halogenated alkanes) is 21. The molecule has 0 aliphatic carbocycles. The Morgan fingerprint density at radius 3 is 1.05 bits per heavy atom. The van der Waals surface area contributed by atoms with Crippen LogP contribution in [0, 0.1) is 13.8 Å². The van der Waals surface area contributed by atoms with Gasteiger partial charge in [-0.15, -0.1) is 0 Å². The Morgan fingerprint density at radius 2 is 0.726 bits per heavy atom. The van der Waals surface area contributed by atoms with Gasteiger partial charge in [0.05, 0.1) is 32.0 Å². The molecular formula is C53H97O8P. The molecule has 1 aromatic carbocycles. The van der Waals surface area contributed by atoms with Gasteiger partial charge < -0.3 is 18.9 Å². The second kappa shape index (κ2) is 49.7. The Kier molecular flexibility index (Phi) is 49.5. The van der Waals surface area contributed by atoms with Crippen LogP contribution in [0.1, 0.15) is 244 Å². The molecule has 0 amide bonds. The number of esters is 3. The molecule has 62 heavy (non-hydrogen) atoms. The molecule has 0 aromatic heterocycles. The Hall–Kier alpha value is -2.31. The van der Waals surface area contributed by atoms with Crippen LogP contribution >= 0.6 is 8.46 Å². The van der Waals surface area contributed by atoms with E-state index in [-0.39, 0.29) is 26.4 Å². The number of benzene rings is 1. The maximum Gasteiger partial charge on any atom is 0.305 e. The molecule has 1 heterocycles. The molecule has 362 valence electrons. The van der Waals surface area contributed by atoms with Crippen molar-refractivity contribution in [2.24, 2.45) is 0 Å². The second-order valence-electron chi connectivity index (χ2n) is 17.1. The lowest BCUT2D eigenvalue weighted by atomic mass is 10.0. The highest BCUT2D eigenvalue weighted by atomic mass is 31.1. The Morgan fingerprint density at radius 1 is 0.452 bits per heavy atom. The summed E-state index contributed by atoms with van der Waals surface area (Å²) >= 11 is 0. The number of rotatable bonds is 37. The van der Waals surface area contributed by atoms with Crippen LogP contribution in [0.15, 0.2) is 24.3 Å². The van der Waals surface area contributed by atoms with Crippen LogP contribution in [0.5, 0.6) is 0 Å². The van der Waals surface area contributed by atoms with Crippen LogP contribution in [0.2, 0.25) is 0 Å². The number of ether oxygens (including phenoxy) is 4.